The number of aliphatic hydroxyl groups excluding tert-OH is 1. The Morgan fingerprint density at radius 2 is 1.64 bits per heavy atom. The highest BCUT2D eigenvalue weighted by molar-refractivity contribution is 6.52. The summed E-state index contributed by atoms with van der Waals surface area (Å²) in [4.78, 5) is 31.8. The lowest BCUT2D eigenvalue weighted by Crippen LogP contribution is -2.29. The van der Waals surface area contributed by atoms with E-state index in [2.05, 4.69) is 4.98 Å². The summed E-state index contributed by atoms with van der Waals surface area (Å²) in [5.41, 5.74) is 1.01. The molecule has 1 aliphatic heterocycles. The molecule has 1 N–H and O–H groups in total. The number of amides is 1. The molecule has 1 aromatic heterocycles. The zero-order chi connectivity index (χ0) is 23.7. The number of ketones is 1. The van der Waals surface area contributed by atoms with Gasteiger partial charge in [-0.3, -0.25) is 19.5 Å². The highest BCUT2D eigenvalue weighted by Crippen LogP contribution is 2.45. The molecule has 4 rings (SSSR count). The van der Waals surface area contributed by atoms with Crippen LogP contribution in [-0.4, -0.2) is 36.0 Å². The molecular formula is C24H18Cl2N2O5. The summed E-state index contributed by atoms with van der Waals surface area (Å²) in [7, 11) is 2.88. The van der Waals surface area contributed by atoms with Gasteiger partial charge >= 0.3 is 0 Å². The third kappa shape index (κ3) is 3.90. The Hall–Kier alpha value is -3.55. The first kappa shape index (κ1) is 22.6. The number of aromatic nitrogens is 1. The Labute approximate surface area is 199 Å². The summed E-state index contributed by atoms with van der Waals surface area (Å²) in [6, 6.07) is 12.1. The van der Waals surface area contributed by atoms with Crippen LogP contribution in [0.3, 0.4) is 0 Å². The second kappa shape index (κ2) is 9.13. The fraction of sp³-hybridized carbons (Fsp3) is 0.125. The van der Waals surface area contributed by atoms with Crippen LogP contribution in [-0.2, 0) is 9.59 Å². The summed E-state index contributed by atoms with van der Waals surface area (Å²) < 4.78 is 10.6. The SMILES string of the molecule is COc1ccccc1N1C(=O)C(=O)/C(=C(/O)c2cc(Cl)c(OC)c(Cl)c2)C1c1ccncc1. The van der Waals surface area contributed by atoms with E-state index < -0.39 is 23.5 Å². The molecule has 0 saturated carbocycles. The van der Waals surface area contributed by atoms with Gasteiger partial charge in [-0.15, -0.1) is 0 Å². The zero-order valence-corrected chi connectivity index (χ0v) is 19.1. The molecule has 0 bridgehead atoms. The molecule has 1 amide bonds. The van der Waals surface area contributed by atoms with Crippen LogP contribution in [0, 0.1) is 0 Å². The minimum Gasteiger partial charge on any atom is -0.507 e. The van der Waals surface area contributed by atoms with Crippen molar-refractivity contribution in [3.8, 4) is 11.5 Å². The number of carbonyl (C=O) groups excluding carboxylic acids is 2. The number of nitrogens with zero attached hydrogens (tertiary/aromatic N) is 2. The average molecular weight is 485 g/mol. The number of pyridine rings is 1. The first-order valence-electron chi connectivity index (χ1n) is 9.76. The van der Waals surface area contributed by atoms with E-state index in [4.69, 9.17) is 32.7 Å². The van der Waals surface area contributed by atoms with E-state index in [1.165, 1.54) is 31.3 Å². The van der Waals surface area contributed by atoms with Crippen LogP contribution in [0.15, 0.2) is 66.5 Å². The van der Waals surface area contributed by atoms with E-state index in [-0.39, 0.29) is 26.9 Å². The number of Topliss-reactive ketones (excluding diaryl/α,β-unsaturated/α-hetero) is 1. The summed E-state index contributed by atoms with van der Waals surface area (Å²) in [6.07, 6.45) is 3.08. The minimum atomic E-state index is -0.941. The molecule has 9 heteroatoms. The predicted octanol–water partition coefficient (Wildman–Crippen LogP) is 5.03. The van der Waals surface area contributed by atoms with Crippen LogP contribution >= 0.6 is 23.2 Å². The normalized spacial score (nSPS) is 17.3. The van der Waals surface area contributed by atoms with Crippen molar-refractivity contribution >= 4 is 46.3 Å². The maximum atomic E-state index is 13.2. The summed E-state index contributed by atoms with van der Waals surface area (Å²) in [5.74, 6) is -1.46. The first-order valence-corrected chi connectivity index (χ1v) is 10.5. The van der Waals surface area contributed by atoms with Gasteiger partial charge in [-0.2, -0.15) is 0 Å². The number of benzene rings is 2. The van der Waals surface area contributed by atoms with Crippen molar-refractivity contribution in [2.24, 2.45) is 0 Å². The lowest BCUT2D eigenvalue weighted by atomic mass is 9.95. The van der Waals surface area contributed by atoms with Gasteiger partial charge in [0.1, 0.15) is 11.5 Å². The minimum absolute atomic E-state index is 0.116. The Morgan fingerprint density at radius 1 is 1.00 bits per heavy atom. The number of para-hydroxylation sites is 2. The highest BCUT2D eigenvalue weighted by Gasteiger charge is 2.47. The van der Waals surface area contributed by atoms with Crippen LogP contribution < -0.4 is 14.4 Å². The van der Waals surface area contributed by atoms with Gasteiger partial charge in [-0.1, -0.05) is 35.3 Å². The van der Waals surface area contributed by atoms with Gasteiger partial charge in [-0.25, -0.2) is 0 Å². The van der Waals surface area contributed by atoms with E-state index in [0.717, 1.165) is 0 Å². The Kier molecular flexibility index (Phi) is 6.26. The van der Waals surface area contributed by atoms with Crippen LogP contribution in [0.1, 0.15) is 17.2 Å². The summed E-state index contributed by atoms with van der Waals surface area (Å²) >= 11 is 12.5. The largest absolute Gasteiger partial charge is 0.507 e. The molecule has 2 aromatic carbocycles. The monoisotopic (exact) mass is 484 g/mol. The molecule has 3 aromatic rings. The van der Waals surface area contributed by atoms with Gasteiger partial charge in [0.25, 0.3) is 11.7 Å². The Bertz CT molecular complexity index is 1250. The number of methoxy groups -OCH3 is 2. The van der Waals surface area contributed by atoms with Gasteiger partial charge in [0.05, 0.1) is 41.6 Å². The Balaban J connectivity index is 1.97. The fourth-order valence-electron chi connectivity index (χ4n) is 3.82. The van der Waals surface area contributed by atoms with Gasteiger partial charge < -0.3 is 14.6 Å². The summed E-state index contributed by atoms with van der Waals surface area (Å²) in [6.45, 7) is 0. The van der Waals surface area contributed by atoms with Crippen molar-refractivity contribution in [2.75, 3.05) is 19.1 Å². The maximum absolute atomic E-state index is 13.2. The van der Waals surface area contributed by atoms with Gasteiger partial charge in [0.15, 0.2) is 5.75 Å². The van der Waals surface area contributed by atoms with Crippen molar-refractivity contribution in [3.05, 3.63) is 87.7 Å². The highest BCUT2D eigenvalue weighted by atomic mass is 35.5. The molecule has 1 fully saturated rings. The molecular weight excluding hydrogens is 467 g/mol. The van der Waals surface area contributed by atoms with E-state index in [1.807, 2.05) is 0 Å². The molecule has 1 aliphatic rings. The lowest BCUT2D eigenvalue weighted by Gasteiger charge is -2.26. The third-order valence-electron chi connectivity index (χ3n) is 5.29. The first-order chi connectivity index (χ1) is 15.9. The van der Waals surface area contributed by atoms with Crippen LogP contribution in [0.25, 0.3) is 5.76 Å². The van der Waals surface area contributed by atoms with E-state index in [9.17, 15) is 14.7 Å². The molecule has 0 radical (unpaired) electrons. The predicted molar refractivity (Wildman–Crippen MR) is 125 cm³/mol. The van der Waals surface area contributed by atoms with Gasteiger partial charge in [0, 0.05) is 18.0 Å². The fourth-order valence-corrected chi connectivity index (χ4v) is 4.46. The Morgan fingerprint density at radius 3 is 2.24 bits per heavy atom. The number of halogens is 2. The molecule has 1 atom stereocenters. The van der Waals surface area contributed by atoms with E-state index in [1.54, 1.807) is 48.8 Å². The van der Waals surface area contributed by atoms with Gasteiger partial charge in [0.2, 0.25) is 0 Å². The molecule has 0 aliphatic carbocycles. The van der Waals surface area contributed by atoms with Crippen molar-refractivity contribution in [1.29, 1.82) is 0 Å². The van der Waals surface area contributed by atoms with Crippen LogP contribution in [0.5, 0.6) is 11.5 Å². The van der Waals surface area contributed by atoms with Crippen LogP contribution in [0.4, 0.5) is 5.69 Å². The number of carbonyl (C=O) groups is 2. The molecule has 33 heavy (non-hydrogen) atoms. The second-order valence-electron chi connectivity index (χ2n) is 7.09. The number of aliphatic hydroxyl groups is 1. The molecule has 168 valence electrons. The molecule has 0 spiro atoms. The third-order valence-corrected chi connectivity index (χ3v) is 5.85. The molecule has 1 unspecified atom stereocenters. The van der Waals surface area contributed by atoms with Crippen molar-refractivity contribution in [3.63, 3.8) is 0 Å². The van der Waals surface area contributed by atoms with E-state index >= 15 is 0 Å². The number of rotatable bonds is 5. The number of ether oxygens (including phenoxy) is 2. The zero-order valence-electron chi connectivity index (χ0n) is 17.6. The lowest BCUT2D eigenvalue weighted by molar-refractivity contribution is -0.132. The van der Waals surface area contributed by atoms with Crippen molar-refractivity contribution in [2.45, 2.75) is 6.04 Å². The number of anilines is 1. The van der Waals surface area contributed by atoms with Crippen LogP contribution in [0.2, 0.25) is 10.0 Å². The van der Waals surface area contributed by atoms with Crippen molar-refractivity contribution in [1.82, 2.24) is 4.98 Å². The maximum Gasteiger partial charge on any atom is 0.300 e. The van der Waals surface area contributed by atoms with E-state index in [0.29, 0.717) is 17.0 Å². The molecule has 1 saturated heterocycles. The second-order valence-corrected chi connectivity index (χ2v) is 7.91. The summed E-state index contributed by atoms with van der Waals surface area (Å²) in [5, 5.41) is 11.5. The average Bonchev–Trinajstić information content (AvgIpc) is 3.09. The van der Waals surface area contributed by atoms with Gasteiger partial charge in [-0.05, 0) is 42.0 Å². The number of hydrogen-bond donors (Lipinski definition) is 1. The smallest absolute Gasteiger partial charge is 0.300 e. The van der Waals surface area contributed by atoms with Crippen molar-refractivity contribution < 1.29 is 24.2 Å². The molecule has 2 heterocycles. The molecule has 7 nitrogen and oxygen atoms in total. The quantitative estimate of drug-likeness (QED) is 0.310. The number of hydrogen-bond acceptors (Lipinski definition) is 6. The topological polar surface area (TPSA) is 89.0 Å². The standard InChI is InChI=1S/C24H18Cl2N2O5/c1-32-18-6-4-3-5-17(18)28-20(13-7-9-27-10-8-13)19(22(30)24(28)31)21(29)14-11-15(25)23(33-2)16(26)12-14/h3-12,20,29H,1-2H3/b21-19+.